The minimum absolute atomic E-state index is 0.100. The number of aryl methyl sites for hydroxylation is 1. The van der Waals surface area contributed by atoms with Crippen molar-refractivity contribution in [1.29, 1.82) is 0 Å². The molecule has 1 aromatic heterocycles. The van der Waals surface area contributed by atoms with Gasteiger partial charge in [-0.1, -0.05) is 24.3 Å². The highest BCUT2D eigenvalue weighted by molar-refractivity contribution is 7.80. The number of amides is 3. The molecule has 0 aliphatic heterocycles. The molecular formula is C32H37N5O6S. The zero-order chi connectivity index (χ0) is 32.6. The van der Waals surface area contributed by atoms with Crippen LogP contribution < -0.4 is 21.3 Å². The van der Waals surface area contributed by atoms with Crippen molar-refractivity contribution < 1.29 is 19.1 Å². The molecule has 0 spiro atoms. The summed E-state index contributed by atoms with van der Waals surface area (Å²) in [7, 11) is 3.03. The molecule has 0 radical (unpaired) electrons. The first-order valence-corrected chi connectivity index (χ1v) is 14.2. The number of benzene rings is 2. The van der Waals surface area contributed by atoms with E-state index in [1.54, 1.807) is 55.6 Å². The smallest absolute Gasteiger partial charge is 0.328 e. The van der Waals surface area contributed by atoms with Crippen molar-refractivity contribution >= 4 is 30.4 Å². The Labute approximate surface area is 261 Å². The molecule has 0 saturated carbocycles. The number of aromatic amines is 1. The van der Waals surface area contributed by atoms with E-state index < -0.39 is 11.2 Å². The zero-order valence-corrected chi connectivity index (χ0v) is 26.4. The van der Waals surface area contributed by atoms with Crippen LogP contribution in [0.4, 0.5) is 4.79 Å². The predicted molar refractivity (Wildman–Crippen MR) is 172 cm³/mol. The Balaban J connectivity index is 1.88. The number of ketones is 1. The highest BCUT2D eigenvalue weighted by Gasteiger charge is 2.20. The molecule has 3 rings (SSSR count). The molecule has 232 valence electrons. The molecule has 11 nitrogen and oxygen atoms in total. The lowest BCUT2D eigenvalue weighted by molar-refractivity contribution is 0.0739. The van der Waals surface area contributed by atoms with Crippen LogP contribution in [0.15, 0.2) is 87.1 Å². The van der Waals surface area contributed by atoms with E-state index in [4.69, 9.17) is 4.74 Å². The lowest BCUT2D eigenvalue weighted by Gasteiger charge is -2.27. The Morgan fingerprint density at radius 1 is 1.02 bits per heavy atom. The summed E-state index contributed by atoms with van der Waals surface area (Å²) in [6.45, 7) is 9.63. The summed E-state index contributed by atoms with van der Waals surface area (Å²) in [5, 5.41) is 2.60. The van der Waals surface area contributed by atoms with Crippen LogP contribution in [-0.2, 0) is 6.54 Å². The van der Waals surface area contributed by atoms with E-state index in [1.807, 2.05) is 13.8 Å². The second-order valence-corrected chi connectivity index (χ2v) is 10.7. The molecule has 3 amide bonds. The van der Waals surface area contributed by atoms with Gasteiger partial charge in [0, 0.05) is 72.8 Å². The third-order valence-electron chi connectivity index (χ3n) is 7.03. The second-order valence-electron chi connectivity index (χ2n) is 10.2. The summed E-state index contributed by atoms with van der Waals surface area (Å²) >= 11 is 4.36. The Morgan fingerprint density at radius 2 is 1.66 bits per heavy atom. The molecule has 0 bridgehead atoms. The van der Waals surface area contributed by atoms with Crippen molar-refractivity contribution in [2.75, 3.05) is 33.8 Å². The molecule has 12 heteroatoms. The topological polar surface area (TPSA) is 134 Å². The molecule has 2 aromatic carbocycles. The van der Waals surface area contributed by atoms with Gasteiger partial charge < -0.3 is 15.0 Å². The number of ether oxygens (including phenoxy) is 1. The van der Waals surface area contributed by atoms with Crippen LogP contribution in [0.25, 0.3) is 0 Å². The minimum Gasteiger partial charge on any atom is -0.496 e. The van der Waals surface area contributed by atoms with Crippen LogP contribution >= 0.6 is 12.6 Å². The van der Waals surface area contributed by atoms with Gasteiger partial charge in [-0.3, -0.25) is 28.8 Å². The summed E-state index contributed by atoms with van der Waals surface area (Å²) in [6.07, 6.45) is 3.10. The highest BCUT2D eigenvalue weighted by atomic mass is 32.1. The van der Waals surface area contributed by atoms with Crippen LogP contribution in [0.2, 0.25) is 0 Å². The Kier molecular flexibility index (Phi) is 11.5. The lowest BCUT2D eigenvalue weighted by Crippen LogP contribution is -2.43. The number of nitrogens with one attached hydrogen (secondary N) is 2. The van der Waals surface area contributed by atoms with Crippen molar-refractivity contribution in [3.63, 3.8) is 0 Å². The fourth-order valence-corrected chi connectivity index (χ4v) is 4.52. The number of aromatic nitrogens is 2. The lowest BCUT2D eigenvalue weighted by atomic mass is 10.0. The highest BCUT2D eigenvalue weighted by Crippen LogP contribution is 2.24. The van der Waals surface area contributed by atoms with E-state index in [0.717, 1.165) is 11.1 Å². The third kappa shape index (κ3) is 8.38. The molecule has 0 saturated heterocycles. The van der Waals surface area contributed by atoms with Gasteiger partial charge in [0.2, 0.25) is 0 Å². The first-order valence-electron chi connectivity index (χ1n) is 13.8. The molecule has 3 aromatic rings. The number of H-pyrrole nitrogens is 1. The van der Waals surface area contributed by atoms with Crippen LogP contribution in [0, 0.1) is 6.92 Å². The minimum atomic E-state index is -0.592. The van der Waals surface area contributed by atoms with Crippen LogP contribution in [0.3, 0.4) is 0 Å². The van der Waals surface area contributed by atoms with Gasteiger partial charge in [0.05, 0.1) is 7.11 Å². The van der Waals surface area contributed by atoms with Gasteiger partial charge in [0.1, 0.15) is 5.75 Å². The Morgan fingerprint density at radius 3 is 2.25 bits per heavy atom. The maximum absolute atomic E-state index is 13.7. The normalized spacial score (nSPS) is 11.1. The number of hydrogen-bond acceptors (Lipinski definition) is 7. The number of urea groups is 1. The monoisotopic (exact) mass is 619 g/mol. The summed E-state index contributed by atoms with van der Waals surface area (Å²) in [5.74, 6) is -0.0595. The van der Waals surface area contributed by atoms with Gasteiger partial charge in [-0.05, 0) is 56.7 Å². The van der Waals surface area contributed by atoms with Gasteiger partial charge in [-0.25, -0.2) is 9.59 Å². The standard InChI is InChI=1S/C32H37N5O6S/c1-20(2)21(3)18-36(31(41)33-5)15-13-35(14-16-37-19-22(4)29(39)34-32(37)42)30(40)24-9-7-23(8-10-24)28(38)25-11-12-26(43-6)27(44)17-25/h7-12,17-19,44H,1,13-16H2,2-6H3,(H,33,41)(H,34,39,42). The fraction of sp³-hybridized carbons (Fsp3) is 0.281. The molecule has 0 unspecified atom stereocenters. The molecule has 44 heavy (non-hydrogen) atoms. The molecule has 1 heterocycles. The first kappa shape index (κ1) is 33.7. The average Bonchev–Trinajstić information content (AvgIpc) is 3.01. The molecule has 0 aliphatic carbocycles. The van der Waals surface area contributed by atoms with Gasteiger partial charge in [-0.2, -0.15) is 0 Å². The zero-order valence-electron chi connectivity index (χ0n) is 25.5. The molecule has 0 fully saturated rings. The van der Waals surface area contributed by atoms with Crippen LogP contribution in [0.1, 0.15) is 45.7 Å². The number of methoxy groups -OCH3 is 1. The molecular weight excluding hydrogens is 582 g/mol. The average molecular weight is 620 g/mol. The predicted octanol–water partition coefficient (Wildman–Crippen LogP) is 3.64. The maximum Gasteiger partial charge on any atom is 0.328 e. The van der Waals surface area contributed by atoms with Crippen molar-refractivity contribution in [2.45, 2.75) is 32.2 Å². The van der Waals surface area contributed by atoms with Crippen LogP contribution in [-0.4, -0.2) is 70.9 Å². The fourth-order valence-electron chi connectivity index (χ4n) is 4.21. The number of carbonyl (C=O) groups is 3. The van der Waals surface area contributed by atoms with E-state index in [-0.39, 0.29) is 43.9 Å². The van der Waals surface area contributed by atoms with E-state index in [0.29, 0.717) is 32.9 Å². The maximum atomic E-state index is 13.7. The number of nitrogens with zero attached hydrogens (tertiary/aromatic N) is 3. The Hall–Kier alpha value is -4.84. The van der Waals surface area contributed by atoms with Gasteiger partial charge in [-0.15, -0.1) is 12.6 Å². The SMILES string of the molecule is C=C(C)C(C)=CN(CCN(CCn1cc(C)c(=O)[nH]c1=O)C(=O)c1ccc(C(=O)c2ccc(OC)c(S)c2)cc1)C(=O)NC. The number of carbonyl (C=O) groups excluding carboxylic acids is 3. The summed E-state index contributed by atoms with van der Waals surface area (Å²) in [6, 6.07) is 10.8. The van der Waals surface area contributed by atoms with Gasteiger partial charge in [0.25, 0.3) is 11.5 Å². The summed E-state index contributed by atoms with van der Waals surface area (Å²) < 4.78 is 6.53. The van der Waals surface area contributed by atoms with Gasteiger partial charge >= 0.3 is 11.7 Å². The number of allylic oxidation sites excluding steroid dienone is 2. The van der Waals surface area contributed by atoms with Crippen molar-refractivity contribution in [2.24, 2.45) is 0 Å². The Bertz CT molecular complexity index is 1710. The van der Waals surface area contributed by atoms with Crippen molar-refractivity contribution in [3.05, 3.63) is 116 Å². The van der Waals surface area contributed by atoms with Gasteiger partial charge in [0.15, 0.2) is 5.78 Å². The van der Waals surface area contributed by atoms with Crippen molar-refractivity contribution in [1.82, 2.24) is 24.7 Å². The number of hydrogen-bond donors (Lipinski definition) is 3. The third-order valence-corrected chi connectivity index (χ3v) is 7.38. The number of rotatable bonds is 12. The van der Waals surface area contributed by atoms with Crippen LogP contribution in [0.5, 0.6) is 5.75 Å². The largest absolute Gasteiger partial charge is 0.496 e. The van der Waals surface area contributed by atoms with E-state index in [1.165, 1.54) is 34.7 Å². The molecule has 0 aliphatic rings. The quantitative estimate of drug-likeness (QED) is 0.161. The molecule has 2 N–H and O–H groups in total. The van der Waals surface area contributed by atoms with E-state index in [9.17, 15) is 24.0 Å². The summed E-state index contributed by atoms with van der Waals surface area (Å²) in [5.41, 5.74) is 1.99. The van der Waals surface area contributed by atoms with E-state index in [2.05, 4.69) is 29.5 Å². The van der Waals surface area contributed by atoms with Crippen molar-refractivity contribution in [3.8, 4) is 5.75 Å². The second kappa shape index (κ2) is 15.1. The number of thiol groups is 1. The van der Waals surface area contributed by atoms with E-state index >= 15 is 0 Å². The molecule has 0 atom stereocenters. The first-order chi connectivity index (χ1) is 20.9. The summed E-state index contributed by atoms with van der Waals surface area (Å²) in [4.78, 5) is 69.4.